The summed E-state index contributed by atoms with van der Waals surface area (Å²) in [5.74, 6) is 0.726. The number of para-hydroxylation sites is 1. The Kier molecular flexibility index (Phi) is 7.49. The minimum Gasteiger partial charge on any atom is -0.493 e. The molecule has 0 aliphatic rings. The summed E-state index contributed by atoms with van der Waals surface area (Å²) in [6.07, 6.45) is 0.678. The van der Waals surface area contributed by atoms with Crippen LogP contribution in [0.15, 0.2) is 42.5 Å². The number of nitrogens with two attached hydrogens (primary N) is 1. The van der Waals surface area contributed by atoms with Gasteiger partial charge in [-0.05, 0) is 43.2 Å². The van der Waals surface area contributed by atoms with Crippen LogP contribution in [0.5, 0.6) is 17.2 Å². The molecular formula is C20H24N2O5. The average molecular weight is 372 g/mol. The van der Waals surface area contributed by atoms with Crippen LogP contribution in [0.4, 0.5) is 0 Å². The Morgan fingerprint density at radius 2 is 1.81 bits per heavy atom. The molecule has 0 bridgehead atoms. The summed E-state index contributed by atoms with van der Waals surface area (Å²) in [4.78, 5) is 23.1. The van der Waals surface area contributed by atoms with E-state index in [-0.39, 0.29) is 12.5 Å². The molecule has 2 amide bonds. The second-order valence-electron chi connectivity index (χ2n) is 5.84. The highest BCUT2D eigenvalue weighted by Gasteiger charge is 2.11. The normalized spacial score (nSPS) is 10.1. The van der Waals surface area contributed by atoms with Crippen LogP contribution in [0.25, 0.3) is 0 Å². The van der Waals surface area contributed by atoms with Gasteiger partial charge in [0.1, 0.15) is 5.75 Å². The Bertz CT molecular complexity index is 792. The molecule has 0 aliphatic carbocycles. The first-order valence-electron chi connectivity index (χ1n) is 8.57. The van der Waals surface area contributed by atoms with Crippen LogP contribution < -0.4 is 25.3 Å². The molecule has 0 saturated heterocycles. The molecule has 27 heavy (non-hydrogen) atoms. The maximum atomic E-state index is 12.3. The predicted molar refractivity (Wildman–Crippen MR) is 101 cm³/mol. The lowest BCUT2D eigenvalue weighted by Crippen LogP contribution is -2.25. The van der Waals surface area contributed by atoms with Crippen molar-refractivity contribution in [3.63, 3.8) is 0 Å². The highest BCUT2D eigenvalue weighted by molar-refractivity contribution is 5.94. The number of hydrogen-bond acceptors (Lipinski definition) is 5. The molecule has 2 aromatic rings. The standard InChI is InChI=1S/C20H24N2O5/c1-14-6-3-4-7-16(14)26-11-5-10-22-20(24)15-8-9-17(18(12-15)25-2)27-13-19(21)23/h3-4,6-9,12H,5,10-11,13H2,1-2H3,(H2,21,23)(H,22,24). The van der Waals surface area contributed by atoms with Gasteiger partial charge in [0.15, 0.2) is 18.1 Å². The average Bonchev–Trinajstić information content (AvgIpc) is 2.67. The Balaban J connectivity index is 1.81. The van der Waals surface area contributed by atoms with Crippen molar-refractivity contribution in [3.05, 3.63) is 53.6 Å². The van der Waals surface area contributed by atoms with E-state index < -0.39 is 5.91 Å². The summed E-state index contributed by atoms with van der Waals surface area (Å²) in [6, 6.07) is 12.5. The first kappa shape index (κ1) is 20.1. The van der Waals surface area contributed by atoms with Crippen molar-refractivity contribution in [2.24, 2.45) is 5.73 Å². The topological polar surface area (TPSA) is 99.9 Å². The maximum Gasteiger partial charge on any atom is 0.255 e. The molecule has 0 aliphatic heterocycles. The Morgan fingerprint density at radius 3 is 2.52 bits per heavy atom. The Morgan fingerprint density at radius 1 is 1.04 bits per heavy atom. The zero-order chi connectivity index (χ0) is 19.6. The fourth-order valence-electron chi connectivity index (χ4n) is 2.35. The molecule has 144 valence electrons. The van der Waals surface area contributed by atoms with Gasteiger partial charge < -0.3 is 25.3 Å². The summed E-state index contributed by atoms with van der Waals surface area (Å²) >= 11 is 0. The third kappa shape index (κ3) is 6.22. The lowest BCUT2D eigenvalue weighted by atomic mass is 10.2. The molecule has 3 N–H and O–H groups in total. The van der Waals surface area contributed by atoms with E-state index in [1.807, 2.05) is 31.2 Å². The summed E-state index contributed by atoms with van der Waals surface area (Å²) in [5.41, 5.74) is 6.56. The van der Waals surface area contributed by atoms with Gasteiger partial charge in [-0.15, -0.1) is 0 Å². The van der Waals surface area contributed by atoms with Gasteiger partial charge in [-0.25, -0.2) is 0 Å². The Labute approximate surface area is 158 Å². The van der Waals surface area contributed by atoms with Gasteiger partial charge in [-0.2, -0.15) is 0 Å². The van der Waals surface area contributed by atoms with E-state index in [1.165, 1.54) is 7.11 Å². The van der Waals surface area contributed by atoms with E-state index in [0.29, 0.717) is 36.6 Å². The van der Waals surface area contributed by atoms with E-state index in [0.717, 1.165) is 11.3 Å². The van der Waals surface area contributed by atoms with E-state index >= 15 is 0 Å². The first-order valence-corrected chi connectivity index (χ1v) is 8.57. The summed E-state index contributed by atoms with van der Waals surface area (Å²) in [6.45, 7) is 2.71. The quantitative estimate of drug-likeness (QED) is 0.622. The van der Waals surface area contributed by atoms with Crippen molar-refractivity contribution >= 4 is 11.8 Å². The van der Waals surface area contributed by atoms with Gasteiger partial charge in [0.2, 0.25) is 0 Å². The SMILES string of the molecule is COc1cc(C(=O)NCCCOc2ccccc2C)ccc1OCC(N)=O. The number of rotatable bonds is 10. The number of benzene rings is 2. The number of carbonyl (C=O) groups excluding carboxylic acids is 2. The largest absolute Gasteiger partial charge is 0.493 e. The molecule has 0 spiro atoms. The number of nitrogens with one attached hydrogen (secondary N) is 1. The van der Waals surface area contributed by atoms with Gasteiger partial charge in [0.05, 0.1) is 13.7 Å². The van der Waals surface area contributed by atoms with E-state index in [1.54, 1.807) is 18.2 Å². The maximum absolute atomic E-state index is 12.3. The lowest BCUT2D eigenvalue weighted by Gasteiger charge is -2.12. The van der Waals surface area contributed by atoms with E-state index in [9.17, 15) is 9.59 Å². The van der Waals surface area contributed by atoms with Crippen molar-refractivity contribution in [1.82, 2.24) is 5.32 Å². The number of hydrogen-bond donors (Lipinski definition) is 2. The summed E-state index contributed by atoms with van der Waals surface area (Å²) in [5, 5.41) is 2.83. The molecule has 7 heteroatoms. The van der Waals surface area contributed by atoms with Crippen LogP contribution in [0.1, 0.15) is 22.3 Å². The third-order valence-corrected chi connectivity index (χ3v) is 3.75. The second-order valence-corrected chi connectivity index (χ2v) is 5.84. The van der Waals surface area contributed by atoms with Gasteiger partial charge in [0.25, 0.3) is 11.8 Å². The molecule has 2 aromatic carbocycles. The number of aryl methyl sites for hydroxylation is 1. The zero-order valence-corrected chi connectivity index (χ0v) is 15.5. The van der Waals surface area contributed by atoms with Crippen molar-refractivity contribution in [2.75, 3.05) is 26.9 Å². The molecule has 0 radical (unpaired) electrons. The van der Waals surface area contributed by atoms with E-state index in [2.05, 4.69) is 5.32 Å². The second kappa shape index (κ2) is 10.1. The zero-order valence-electron chi connectivity index (χ0n) is 15.5. The smallest absolute Gasteiger partial charge is 0.255 e. The van der Waals surface area contributed by atoms with Crippen molar-refractivity contribution in [1.29, 1.82) is 0 Å². The highest BCUT2D eigenvalue weighted by Crippen LogP contribution is 2.28. The van der Waals surface area contributed by atoms with Crippen LogP contribution in [0.3, 0.4) is 0 Å². The Hall–Kier alpha value is -3.22. The number of amides is 2. The van der Waals surface area contributed by atoms with Gasteiger partial charge in [0, 0.05) is 12.1 Å². The van der Waals surface area contributed by atoms with Gasteiger partial charge in [-0.3, -0.25) is 9.59 Å². The molecule has 0 aromatic heterocycles. The number of ether oxygens (including phenoxy) is 3. The predicted octanol–water partition coefficient (Wildman–Crippen LogP) is 2.07. The monoisotopic (exact) mass is 372 g/mol. The molecular weight excluding hydrogens is 348 g/mol. The molecule has 0 heterocycles. The molecule has 0 unspecified atom stereocenters. The van der Waals surface area contributed by atoms with Crippen molar-refractivity contribution in [3.8, 4) is 17.2 Å². The number of carbonyl (C=O) groups is 2. The minimum atomic E-state index is -0.591. The fraction of sp³-hybridized carbons (Fsp3) is 0.300. The van der Waals surface area contributed by atoms with Gasteiger partial charge in [-0.1, -0.05) is 18.2 Å². The molecule has 7 nitrogen and oxygen atoms in total. The fourth-order valence-corrected chi connectivity index (χ4v) is 2.35. The van der Waals surface area contributed by atoms with Crippen LogP contribution in [-0.4, -0.2) is 38.7 Å². The molecule has 2 rings (SSSR count). The minimum absolute atomic E-state index is 0.231. The van der Waals surface area contributed by atoms with Gasteiger partial charge >= 0.3 is 0 Å². The lowest BCUT2D eigenvalue weighted by molar-refractivity contribution is -0.119. The molecule has 0 atom stereocenters. The van der Waals surface area contributed by atoms with Crippen molar-refractivity contribution in [2.45, 2.75) is 13.3 Å². The van der Waals surface area contributed by atoms with Crippen LogP contribution >= 0.6 is 0 Å². The number of methoxy groups -OCH3 is 1. The van der Waals surface area contributed by atoms with Crippen molar-refractivity contribution < 1.29 is 23.8 Å². The third-order valence-electron chi connectivity index (χ3n) is 3.75. The van der Waals surface area contributed by atoms with Crippen LogP contribution in [-0.2, 0) is 4.79 Å². The highest BCUT2D eigenvalue weighted by atomic mass is 16.5. The summed E-state index contributed by atoms with van der Waals surface area (Å²) < 4.78 is 16.1. The van der Waals surface area contributed by atoms with E-state index in [4.69, 9.17) is 19.9 Å². The first-order chi connectivity index (χ1) is 13.0. The molecule has 0 fully saturated rings. The summed E-state index contributed by atoms with van der Waals surface area (Å²) in [7, 11) is 1.46. The number of primary amides is 1. The van der Waals surface area contributed by atoms with Crippen LogP contribution in [0.2, 0.25) is 0 Å². The van der Waals surface area contributed by atoms with Crippen LogP contribution in [0, 0.1) is 6.92 Å². The molecule has 0 saturated carbocycles.